The minimum atomic E-state index is 0. The van der Waals surface area contributed by atoms with Crippen LogP contribution in [0.3, 0.4) is 0 Å². The number of benzene rings is 1. The van der Waals surface area contributed by atoms with Crippen LogP contribution in [0, 0.1) is 5.92 Å². The number of halogens is 1. The van der Waals surface area contributed by atoms with Crippen molar-refractivity contribution in [3.63, 3.8) is 0 Å². The van der Waals surface area contributed by atoms with Crippen LogP contribution in [0.1, 0.15) is 24.5 Å². The topological polar surface area (TPSA) is 60.0 Å². The van der Waals surface area contributed by atoms with Gasteiger partial charge in [0.1, 0.15) is 0 Å². The van der Waals surface area contributed by atoms with Gasteiger partial charge < -0.3 is 5.73 Å². The molecule has 6 heteroatoms. The molecule has 1 saturated heterocycles. The van der Waals surface area contributed by atoms with E-state index in [9.17, 15) is 0 Å². The molecule has 5 nitrogen and oxygen atoms in total. The molecular formula is C22H28ClN5. The summed E-state index contributed by atoms with van der Waals surface area (Å²) in [6.45, 7) is 5.96. The van der Waals surface area contributed by atoms with Gasteiger partial charge in [-0.1, -0.05) is 30.3 Å². The van der Waals surface area contributed by atoms with Gasteiger partial charge in [-0.2, -0.15) is 5.10 Å². The van der Waals surface area contributed by atoms with E-state index in [4.69, 9.17) is 10.8 Å². The Morgan fingerprint density at radius 2 is 1.96 bits per heavy atom. The molecule has 2 N–H and O–H groups in total. The van der Waals surface area contributed by atoms with Crippen molar-refractivity contribution in [3.8, 4) is 11.3 Å². The van der Waals surface area contributed by atoms with E-state index in [1.807, 2.05) is 23.0 Å². The molecule has 1 aliphatic rings. The van der Waals surface area contributed by atoms with E-state index in [1.54, 1.807) is 6.20 Å². The predicted octanol–water partition coefficient (Wildman–Crippen LogP) is 3.58. The molecule has 148 valence electrons. The van der Waals surface area contributed by atoms with Crippen molar-refractivity contribution >= 4 is 12.4 Å². The maximum atomic E-state index is 6.11. The highest BCUT2D eigenvalue weighted by atomic mass is 35.5. The fourth-order valence-electron chi connectivity index (χ4n) is 3.85. The van der Waals surface area contributed by atoms with Gasteiger partial charge in [0, 0.05) is 48.8 Å². The molecule has 1 fully saturated rings. The summed E-state index contributed by atoms with van der Waals surface area (Å²) in [5.41, 5.74) is 10.7. The standard InChI is InChI=1S/C22H27N5.ClH/c1-17(23)20-9-11-26(14-20)15-21-16-27(13-18-6-3-2-4-7-18)25-22(21)19-8-5-10-24-12-19;/h2-8,10,12,16-17,20H,9,11,13-15,23H2,1H3;1H. The van der Waals surface area contributed by atoms with Crippen molar-refractivity contribution in [1.82, 2.24) is 19.7 Å². The molecule has 28 heavy (non-hydrogen) atoms. The second-order valence-corrected chi connectivity index (χ2v) is 7.57. The van der Waals surface area contributed by atoms with E-state index in [1.165, 1.54) is 17.5 Å². The van der Waals surface area contributed by atoms with Gasteiger partial charge in [0.05, 0.1) is 12.2 Å². The summed E-state index contributed by atoms with van der Waals surface area (Å²) in [7, 11) is 0. The van der Waals surface area contributed by atoms with Crippen molar-refractivity contribution in [3.05, 3.63) is 72.2 Å². The first-order chi connectivity index (χ1) is 13.2. The molecule has 0 spiro atoms. The summed E-state index contributed by atoms with van der Waals surface area (Å²) in [6, 6.07) is 14.8. The summed E-state index contributed by atoms with van der Waals surface area (Å²) >= 11 is 0. The molecule has 0 aliphatic carbocycles. The van der Waals surface area contributed by atoms with E-state index >= 15 is 0 Å². The molecule has 0 bridgehead atoms. The molecule has 2 aromatic heterocycles. The first-order valence-corrected chi connectivity index (χ1v) is 9.67. The predicted molar refractivity (Wildman–Crippen MR) is 115 cm³/mol. The first-order valence-electron chi connectivity index (χ1n) is 9.67. The van der Waals surface area contributed by atoms with Gasteiger partial charge in [0.25, 0.3) is 0 Å². The maximum absolute atomic E-state index is 6.11. The van der Waals surface area contributed by atoms with Crippen molar-refractivity contribution in [2.75, 3.05) is 13.1 Å². The minimum Gasteiger partial charge on any atom is -0.328 e. The van der Waals surface area contributed by atoms with Crippen LogP contribution in [0.15, 0.2) is 61.1 Å². The lowest BCUT2D eigenvalue weighted by molar-refractivity contribution is 0.309. The van der Waals surface area contributed by atoms with Crippen molar-refractivity contribution in [1.29, 1.82) is 0 Å². The van der Waals surface area contributed by atoms with Gasteiger partial charge >= 0.3 is 0 Å². The quantitative estimate of drug-likeness (QED) is 0.690. The van der Waals surface area contributed by atoms with Crippen LogP contribution in [-0.2, 0) is 13.1 Å². The average molecular weight is 398 g/mol. The zero-order valence-electron chi connectivity index (χ0n) is 16.2. The minimum absolute atomic E-state index is 0. The van der Waals surface area contributed by atoms with Crippen LogP contribution in [0.25, 0.3) is 11.3 Å². The summed E-state index contributed by atoms with van der Waals surface area (Å²) in [6.07, 6.45) is 7.07. The summed E-state index contributed by atoms with van der Waals surface area (Å²) in [4.78, 5) is 6.78. The van der Waals surface area contributed by atoms with E-state index < -0.39 is 0 Å². The Balaban J connectivity index is 0.00000225. The van der Waals surface area contributed by atoms with E-state index in [2.05, 4.69) is 53.3 Å². The molecule has 0 radical (unpaired) electrons. The van der Waals surface area contributed by atoms with E-state index in [0.717, 1.165) is 37.4 Å². The van der Waals surface area contributed by atoms with Crippen LogP contribution in [-0.4, -0.2) is 38.8 Å². The second kappa shape index (κ2) is 9.32. The Labute approximate surface area is 173 Å². The fraction of sp³-hybridized carbons (Fsp3) is 0.364. The van der Waals surface area contributed by atoms with Gasteiger partial charge in [0.2, 0.25) is 0 Å². The number of hydrogen-bond donors (Lipinski definition) is 1. The van der Waals surface area contributed by atoms with Crippen LogP contribution < -0.4 is 5.73 Å². The zero-order valence-corrected chi connectivity index (χ0v) is 17.1. The first kappa shape index (κ1) is 20.5. The molecule has 3 heterocycles. The van der Waals surface area contributed by atoms with E-state index in [-0.39, 0.29) is 18.4 Å². The third-order valence-corrected chi connectivity index (χ3v) is 5.41. The van der Waals surface area contributed by atoms with Gasteiger partial charge in [-0.15, -0.1) is 12.4 Å². The van der Waals surface area contributed by atoms with Gasteiger partial charge in [-0.05, 0) is 43.5 Å². The number of aromatic nitrogens is 3. The second-order valence-electron chi connectivity index (χ2n) is 7.57. The molecule has 4 rings (SSSR count). The summed E-state index contributed by atoms with van der Waals surface area (Å²) in [5.74, 6) is 0.589. The number of nitrogens with zero attached hydrogens (tertiary/aromatic N) is 4. The van der Waals surface area contributed by atoms with Crippen LogP contribution in [0.4, 0.5) is 0 Å². The molecule has 2 unspecified atom stereocenters. The highest BCUT2D eigenvalue weighted by molar-refractivity contribution is 5.85. The third kappa shape index (κ3) is 4.79. The molecule has 1 aliphatic heterocycles. The molecular weight excluding hydrogens is 370 g/mol. The number of rotatable bonds is 6. The van der Waals surface area contributed by atoms with Gasteiger partial charge in [-0.3, -0.25) is 14.6 Å². The van der Waals surface area contributed by atoms with Gasteiger partial charge in [-0.25, -0.2) is 0 Å². The Morgan fingerprint density at radius 3 is 2.64 bits per heavy atom. The lowest BCUT2D eigenvalue weighted by Gasteiger charge is -2.17. The smallest absolute Gasteiger partial charge is 0.0983 e. The Kier molecular flexibility index (Phi) is 6.83. The van der Waals surface area contributed by atoms with Crippen molar-refractivity contribution in [2.45, 2.75) is 32.5 Å². The molecule has 0 amide bonds. The Bertz CT molecular complexity index is 863. The van der Waals surface area contributed by atoms with Gasteiger partial charge in [0.15, 0.2) is 0 Å². The van der Waals surface area contributed by atoms with E-state index in [0.29, 0.717) is 5.92 Å². The largest absolute Gasteiger partial charge is 0.328 e. The number of hydrogen-bond acceptors (Lipinski definition) is 4. The monoisotopic (exact) mass is 397 g/mol. The lowest BCUT2D eigenvalue weighted by atomic mass is 10.0. The SMILES string of the molecule is CC(N)C1CCN(Cc2cn(Cc3ccccc3)nc2-c2cccnc2)C1.Cl. The molecule has 2 atom stereocenters. The molecule has 0 saturated carbocycles. The molecule has 1 aromatic carbocycles. The third-order valence-electron chi connectivity index (χ3n) is 5.41. The van der Waals surface area contributed by atoms with Crippen molar-refractivity contribution in [2.24, 2.45) is 11.7 Å². The zero-order chi connectivity index (χ0) is 18.6. The van der Waals surface area contributed by atoms with Crippen molar-refractivity contribution < 1.29 is 0 Å². The summed E-state index contributed by atoms with van der Waals surface area (Å²) < 4.78 is 2.05. The maximum Gasteiger partial charge on any atom is 0.0983 e. The van der Waals surface area contributed by atoms with Crippen LogP contribution >= 0.6 is 12.4 Å². The Hall–Kier alpha value is -2.21. The highest BCUT2D eigenvalue weighted by Gasteiger charge is 2.26. The Morgan fingerprint density at radius 1 is 1.14 bits per heavy atom. The normalized spacial score (nSPS) is 18.0. The van der Waals surface area contributed by atoms with Crippen LogP contribution in [0.5, 0.6) is 0 Å². The average Bonchev–Trinajstić information content (AvgIpc) is 3.31. The summed E-state index contributed by atoms with van der Waals surface area (Å²) in [5, 5.41) is 4.90. The molecule has 3 aromatic rings. The lowest BCUT2D eigenvalue weighted by Crippen LogP contribution is -2.29. The highest BCUT2D eigenvalue weighted by Crippen LogP contribution is 2.26. The number of pyridine rings is 1. The van der Waals surface area contributed by atoms with Crippen LogP contribution in [0.2, 0.25) is 0 Å². The fourth-order valence-corrected chi connectivity index (χ4v) is 3.85. The number of likely N-dealkylation sites (tertiary alicyclic amines) is 1. The number of nitrogens with two attached hydrogens (primary N) is 1.